The third kappa shape index (κ3) is 5.91. The molecule has 10 heteroatoms. The van der Waals surface area contributed by atoms with Gasteiger partial charge in [-0.25, -0.2) is 0 Å². The summed E-state index contributed by atoms with van der Waals surface area (Å²) >= 11 is 0. The number of hydrogen-bond donors (Lipinski definition) is 1. The Balaban J connectivity index is 1.57. The van der Waals surface area contributed by atoms with Gasteiger partial charge in [0.1, 0.15) is 5.56 Å². The molecular weight excluding hydrogens is 428 g/mol. The lowest BCUT2D eigenvalue weighted by Gasteiger charge is -2.34. The number of nitrogens with one attached hydrogen (secondary N) is 1. The quantitative estimate of drug-likeness (QED) is 0.427. The van der Waals surface area contributed by atoms with Crippen molar-refractivity contribution in [3.8, 4) is 17.2 Å². The molecule has 0 atom stereocenters. The van der Waals surface area contributed by atoms with E-state index in [0.717, 1.165) is 32.7 Å². The van der Waals surface area contributed by atoms with Crippen LogP contribution in [0.15, 0.2) is 36.4 Å². The van der Waals surface area contributed by atoms with E-state index in [1.54, 1.807) is 0 Å². The molecule has 33 heavy (non-hydrogen) atoms. The van der Waals surface area contributed by atoms with Gasteiger partial charge < -0.3 is 19.5 Å². The molecule has 0 spiro atoms. The molecule has 1 saturated heterocycles. The fraction of sp³-hybridized carbons (Fsp3) is 0.435. The molecule has 1 fully saturated rings. The van der Waals surface area contributed by atoms with Crippen molar-refractivity contribution < 1.29 is 23.9 Å². The molecule has 3 rings (SSSR count). The second kappa shape index (κ2) is 11.5. The molecule has 2 aromatic carbocycles. The van der Waals surface area contributed by atoms with Gasteiger partial charge in [-0.15, -0.1) is 0 Å². The molecule has 0 saturated carbocycles. The van der Waals surface area contributed by atoms with Crippen molar-refractivity contribution >= 4 is 11.6 Å². The maximum atomic E-state index is 12.8. The van der Waals surface area contributed by atoms with E-state index in [9.17, 15) is 14.9 Å². The fourth-order valence-corrected chi connectivity index (χ4v) is 3.93. The van der Waals surface area contributed by atoms with Crippen LogP contribution in [-0.2, 0) is 6.54 Å². The highest BCUT2D eigenvalue weighted by Crippen LogP contribution is 2.46. The van der Waals surface area contributed by atoms with Crippen LogP contribution in [0.1, 0.15) is 15.9 Å². The Morgan fingerprint density at radius 1 is 1.00 bits per heavy atom. The van der Waals surface area contributed by atoms with E-state index in [-0.39, 0.29) is 22.8 Å². The summed E-state index contributed by atoms with van der Waals surface area (Å²) in [6, 6.07) is 11.7. The average Bonchev–Trinajstić information content (AvgIpc) is 2.84. The van der Waals surface area contributed by atoms with Gasteiger partial charge in [-0.3, -0.25) is 24.7 Å². The molecule has 0 aromatic heterocycles. The summed E-state index contributed by atoms with van der Waals surface area (Å²) in [5.74, 6) is -0.471. The van der Waals surface area contributed by atoms with Gasteiger partial charge in [0.15, 0.2) is 5.75 Å². The van der Waals surface area contributed by atoms with Gasteiger partial charge in [-0.1, -0.05) is 30.3 Å². The van der Waals surface area contributed by atoms with E-state index in [0.29, 0.717) is 13.1 Å². The highest BCUT2D eigenvalue weighted by Gasteiger charge is 2.32. The maximum absolute atomic E-state index is 12.8. The largest absolute Gasteiger partial charge is 0.493 e. The lowest BCUT2D eigenvalue weighted by Crippen LogP contribution is -2.48. The summed E-state index contributed by atoms with van der Waals surface area (Å²) in [7, 11) is 4.02. The topological polar surface area (TPSA) is 106 Å². The molecule has 0 radical (unpaired) electrons. The summed E-state index contributed by atoms with van der Waals surface area (Å²) in [5, 5.41) is 14.5. The smallest absolute Gasteiger partial charge is 0.327 e. The molecule has 178 valence electrons. The molecule has 1 aliphatic rings. The van der Waals surface area contributed by atoms with Crippen molar-refractivity contribution in [2.75, 3.05) is 60.6 Å². The first-order valence-corrected chi connectivity index (χ1v) is 10.7. The third-order valence-corrected chi connectivity index (χ3v) is 5.66. The molecule has 0 unspecified atom stereocenters. The molecular formula is C23H30N4O6. The van der Waals surface area contributed by atoms with Crippen LogP contribution in [0.4, 0.5) is 5.69 Å². The summed E-state index contributed by atoms with van der Waals surface area (Å²) in [6.07, 6.45) is 0. The zero-order valence-corrected chi connectivity index (χ0v) is 19.2. The second-order valence-electron chi connectivity index (χ2n) is 7.66. The highest BCUT2D eigenvalue weighted by atomic mass is 16.6. The van der Waals surface area contributed by atoms with Crippen LogP contribution in [-0.4, -0.2) is 81.2 Å². The Bertz CT molecular complexity index is 961. The number of methoxy groups -OCH3 is 3. The number of rotatable bonds is 10. The van der Waals surface area contributed by atoms with Crippen LogP contribution in [0.5, 0.6) is 17.2 Å². The lowest BCUT2D eigenvalue weighted by molar-refractivity contribution is -0.386. The first-order valence-electron chi connectivity index (χ1n) is 10.7. The Hall–Kier alpha value is -3.37. The lowest BCUT2D eigenvalue weighted by atomic mass is 10.1. The van der Waals surface area contributed by atoms with Crippen molar-refractivity contribution in [3.05, 3.63) is 57.6 Å². The predicted octanol–water partition coefficient (Wildman–Crippen LogP) is 2.17. The number of piperazine rings is 1. The minimum Gasteiger partial charge on any atom is -0.493 e. The van der Waals surface area contributed by atoms with Crippen LogP contribution in [0.2, 0.25) is 0 Å². The van der Waals surface area contributed by atoms with Crippen LogP contribution >= 0.6 is 0 Å². The summed E-state index contributed by atoms with van der Waals surface area (Å²) in [5.41, 5.74) is 0.703. The van der Waals surface area contributed by atoms with Gasteiger partial charge in [0.05, 0.1) is 26.3 Å². The van der Waals surface area contributed by atoms with E-state index in [4.69, 9.17) is 14.2 Å². The van der Waals surface area contributed by atoms with E-state index < -0.39 is 16.5 Å². The molecule has 1 N–H and O–H groups in total. The number of benzene rings is 2. The van der Waals surface area contributed by atoms with Gasteiger partial charge in [-0.2, -0.15) is 0 Å². The number of nitro benzene ring substituents is 1. The van der Waals surface area contributed by atoms with Gasteiger partial charge in [0.2, 0.25) is 11.5 Å². The molecule has 1 heterocycles. The van der Waals surface area contributed by atoms with Crippen LogP contribution in [0, 0.1) is 10.1 Å². The molecule has 0 bridgehead atoms. The number of hydrogen-bond acceptors (Lipinski definition) is 8. The Kier molecular flexibility index (Phi) is 8.45. The Labute approximate surface area is 193 Å². The second-order valence-corrected chi connectivity index (χ2v) is 7.66. The summed E-state index contributed by atoms with van der Waals surface area (Å²) < 4.78 is 15.6. The van der Waals surface area contributed by atoms with Crippen LogP contribution in [0.3, 0.4) is 0 Å². The van der Waals surface area contributed by atoms with Gasteiger partial charge in [0, 0.05) is 51.9 Å². The first kappa shape index (κ1) is 24.3. The summed E-state index contributed by atoms with van der Waals surface area (Å²) in [4.78, 5) is 28.5. The van der Waals surface area contributed by atoms with Crippen molar-refractivity contribution in [3.63, 3.8) is 0 Å². The molecule has 2 aromatic rings. The monoisotopic (exact) mass is 458 g/mol. The standard InChI is InChI=1S/C23H30N4O6/c1-31-19-15-18(20(27(29)30)22(33-3)21(19)32-2)23(28)24-9-10-25-11-13-26(14-12-25)16-17-7-5-4-6-8-17/h4-8,15H,9-14,16H2,1-3H3,(H,24,28). The van der Waals surface area contributed by atoms with Gasteiger partial charge in [-0.05, 0) is 5.56 Å². The fourth-order valence-electron chi connectivity index (χ4n) is 3.93. The normalized spacial score (nSPS) is 14.5. The third-order valence-electron chi connectivity index (χ3n) is 5.66. The number of nitro groups is 1. The maximum Gasteiger partial charge on any atom is 0.327 e. The Morgan fingerprint density at radius 3 is 2.21 bits per heavy atom. The average molecular weight is 459 g/mol. The van der Waals surface area contributed by atoms with Crippen molar-refractivity contribution in [2.24, 2.45) is 0 Å². The molecule has 1 amide bonds. The van der Waals surface area contributed by atoms with E-state index in [1.165, 1.54) is 33.0 Å². The number of carbonyl (C=O) groups is 1. The van der Waals surface area contributed by atoms with Crippen molar-refractivity contribution in [2.45, 2.75) is 6.54 Å². The van der Waals surface area contributed by atoms with Gasteiger partial charge in [0.25, 0.3) is 5.91 Å². The molecule has 10 nitrogen and oxygen atoms in total. The molecule has 0 aliphatic carbocycles. The minimum absolute atomic E-state index is 0.0663. The van der Waals surface area contributed by atoms with Crippen LogP contribution in [0.25, 0.3) is 0 Å². The van der Waals surface area contributed by atoms with Crippen molar-refractivity contribution in [1.82, 2.24) is 15.1 Å². The number of nitrogens with zero attached hydrogens (tertiary/aromatic N) is 3. The first-order chi connectivity index (χ1) is 16.0. The predicted molar refractivity (Wildman–Crippen MR) is 123 cm³/mol. The zero-order chi connectivity index (χ0) is 23.8. The number of carbonyl (C=O) groups excluding carboxylic acids is 1. The number of ether oxygens (including phenoxy) is 3. The molecule has 1 aliphatic heterocycles. The van der Waals surface area contributed by atoms with Crippen molar-refractivity contribution in [1.29, 1.82) is 0 Å². The Morgan fingerprint density at radius 2 is 1.64 bits per heavy atom. The van der Waals surface area contributed by atoms with E-state index in [2.05, 4.69) is 27.2 Å². The van der Waals surface area contributed by atoms with Gasteiger partial charge >= 0.3 is 5.69 Å². The zero-order valence-electron chi connectivity index (χ0n) is 19.2. The number of amides is 1. The van der Waals surface area contributed by atoms with E-state index in [1.807, 2.05) is 18.2 Å². The SMILES string of the molecule is COc1cc(C(=O)NCCN2CCN(Cc3ccccc3)CC2)c([N+](=O)[O-])c(OC)c1OC. The summed E-state index contributed by atoms with van der Waals surface area (Å²) in [6.45, 7) is 5.63. The van der Waals surface area contributed by atoms with Crippen LogP contribution < -0.4 is 19.5 Å². The van der Waals surface area contributed by atoms with E-state index >= 15 is 0 Å². The minimum atomic E-state index is -0.651. The highest BCUT2D eigenvalue weighted by molar-refractivity contribution is 6.00.